The molecule has 0 aliphatic carbocycles. The number of rotatable bonds is 5. The van der Waals surface area contributed by atoms with Gasteiger partial charge >= 0.3 is 0 Å². The molecule has 0 aliphatic heterocycles. The molecular weight excluding hydrogens is 454 g/mol. The minimum atomic E-state index is -3.57. The van der Waals surface area contributed by atoms with Crippen LogP contribution in [0, 0.1) is 11.6 Å². The SMILES string of the molecule is CS(=O)(=O)c1ccccc1-c1nc(NC(=O)c2ccc(F)cc2)sc1-c1ccc(F)cc1. The van der Waals surface area contributed by atoms with Crippen molar-refractivity contribution >= 4 is 32.2 Å². The van der Waals surface area contributed by atoms with E-state index in [-0.39, 0.29) is 15.6 Å². The number of nitrogens with zero attached hydrogens (tertiary/aromatic N) is 1. The molecule has 1 heterocycles. The van der Waals surface area contributed by atoms with Crippen LogP contribution in [0.3, 0.4) is 0 Å². The molecule has 0 radical (unpaired) electrons. The summed E-state index contributed by atoms with van der Waals surface area (Å²) in [4.78, 5) is 17.7. The molecule has 0 fully saturated rings. The Morgan fingerprint density at radius 3 is 2.12 bits per heavy atom. The Kier molecular flexibility index (Phi) is 5.86. The van der Waals surface area contributed by atoms with E-state index in [0.29, 0.717) is 21.7 Å². The van der Waals surface area contributed by atoms with E-state index < -0.39 is 27.4 Å². The van der Waals surface area contributed by atoms with E-state index in [0.717, 1.165) is 17.6 Å². The molecule has 0 saturated heterocycles. The summed E-state index contributed by atoms with van der Waals surface area (Å²) in [6.45, 7) is 0. The summed E-state index contributed by atoms with van der Waals surface area (Å²) >= 11 is 1.12. The number of hydrogen-bond acceptors (Lipinski definition) is 5. The normalized spacial score (nSPS) is 11.3. The Balaban J connectivity index is 1.82. The van der Waals surface area contributed by atoms with Crippen LogP contribution in [0.4, 0.5) is 13.9 Å². The number of benzene rings is 3. The van der Waals surface area contributed by atoms with Gasteiger partial charge in [-0.3, -0.25) is 10.1 Å². The summed E-state index contributed by atoms with van der Waals surface area (Å²) in [5.74, 6) is -1.37. The molecule has 4 aromatic rings. The van der Waals surface area contributed by atoms with Crippen LogP contribution in [0.15, 0.2) is 77.7 Å². The largest absolute Gasteiger partial charge is 0.298 e. The van der Waals surface area contributed by atoms with Crippen LogP contribution in [0.5, 0.6) is 0 Å². The lowest BCUT2D eigenvalue weighted by Gasteiger charge is -2.08. The standard InChI is InChI=1S/C23H16F2N2O3S2/c1-32(29,30)19-5-3-2-4-18(19)20-21(14-6-10-16(24)11-7-14)31-23(26-20)27-22(28)15-8-12-17(25)13-9-15/h2-13H,1H3,(H,26,27,28). The molecule has 0 saturated carbocycles. The van der Waals surface area contributed by atoms with Gasteiger partial charge in [0, 0.05) is 17.4 Å². The first-order valence-electron chi connectivity index (χ1n) is 9.35. The monoisotopic (exact) mass is 470 g/mol. The number of thiazole rings is 1. The highest BCUT2D eigenvalue weighted by Crippen LogP contribution is 2.41. The number of amides is 1. The highest BCUT2D eigenvalue weighted by Gasteiger charge is 2.22. The van der Waals surface area contributed by atoms with Crippen molar-refractivity contribution in [3.63, 3.8) is 0 Å². The molecular formula is C23H16F2N2O3S2. The molecule has 5 nitrogen and oxygen atoms in total. The van der Waals surface area contributed by atoms with Gasteiger partial charge in [0.25, 0.3) is 5.91 Å². The Morgan fingerprint density at radius 2 is 1.50 bits per heavy atom. The fourth-order valence-corrected chi connectivity index (χ4v) is 4.98. The summed E-state index contributed by atoms with van der Waals surface area (Å²) in [6.07, 6.45) is 1.10. The van der Waals surface area contributed by atoms with E-state index in [1.807, 2.05) is 0 Å². The third-order valence-electron chi connectivity index (χ3n) is 4.60. The summed E-state index contributed by atoms with van der Waals surface area (Å²) in [7, 11) is -3.57. The Morgan fingerprint density at radius 1 is 0.906 bits per heavy atom. The lowest BCUT2D eigenvalue weighted by atomic mass is 10.1. The second-order valence-corrected chi connectivity index (χ2v) is 9.92. The predicted molar refractivity (Wildman–Crippen MR) is 120 cm³/mol. The maximum Gasteiger partial charge on any atom is 0.257 e. The minimum Gasteiger partial charge on any atom is -0.298 e. The molecule has 3 aromatic carbocycles. The zero-order chi connectivity index (χ0) is 22.9. The van der Waals surface area contributed by atoms with Gasteiger partial charge in [-0.25, -0.2) is 22.2 Å². The van der Waals surface area contributed by atoms with E-state index in [2.05, 4.69) is 10.3 Å². The average molecular weight is 471 g/mol. The van der Waals surface area contributed by atoms with Gasteiger partial charge in [0.1, 0.15) is 11.6 Å². The molecule has 0 bridgehead atoms. The number of hydrogen-bond donors (Lipinski definition) is 1. The van der Waals surface area contributed by atoms with Crippen molar-refractivity contribution in [1.29, 1.82) is 0 Å². The van der Waals surface area contributed by atoms with Gasteiger partial charge in [-0.15, -0.1) is 0 Å². The van der Waals surface area contributed by atoms with Crippen LogP contribution in [-0.4, -0.2) is 25.6 Å². The van der Waals surface area contributed by atoms with Gasteiger partial charge in [-0.1, -0.05) is 41.7 Å². The number of halogens is 2. The number of sulfone groups is 1. The fraction of sp³-hybridized carbons (Fsp3) is 0.0435. The van der Waals surface area contributed by atoms with Crippen molar-refractivity contribution in [2.24, 2.45) is 0 Å². The molecule has 9 heteroatoms. The van der Waals surface area contributed by atoms with Gasteiger partial charge in [-0.2, -0.15) is 0 Å². The number of carbonyl (C=O) groups excluding carboxylic acids is 1. The van der Waals surface area contributed by atoms with Crippen LogP contribution < -0.4 is 5.32 Å². The first-order chi connectivity index (χ1) is 15.2. The lowest BCUT2D eigenvalue weighted by molar-refractivity contribution is 0.102. The molecule has 0 atom stereocenters. The molecule has 1 aromatic heterocycles. The van der Waals surface area contributed by atoms with Crippen LogP contribution in [-0.2, 0) is 9.84 Å². The van der Waals surface area contributed by atoms with Crippen LogP contribution in [0.25, 0.3) is 21.7 Å². The van der Waals surface area contributed by atoms with E-state index in [9.17, 15) is 22.0 Å². The first-order valence-corrected chi connectivity index (χ1v) is 12.1. The Bertz CT molecular complexity index is 1400. The fourth-order valence-electron chi connectivity index (χ4n) is 3.11. The van der Waals surface area contributed by atoms with Crippen molar-refractivity contribution in [3.8, 4) is 21.7 Å². The molecule has 32 heavy (non-hydrogen) atoms. The van der Waals surface area contributed by atoms with Crippen molar-refractivity contribution < 1.29 is 22.0 Å². The van der Waals surface area contributed by atoms with E-state index >= 15 is 0 Å². The number of nitrogens with one attached hydrogen (secondary N) is 1. The second-order valence-electron chi connectivity index (χ2n) is 6.93. The van der Waals surface area contributed by atoms with Gasteiger partial charge in [0.2, 0.25) is 0 Å². The van der Waals surface area contributed by atoms with Crippen molar-refractivity contribution in [2.45, 2.75) is 4.90 Å². The molecule has 0 aliphatic rings. The number of carbonyl (C=O) groups is 1. The summed E-state index contributed by atoms with van der Waals surface area (Å²) < 4.78 is 51.3. The maximum atomic E-state index is 13.5. The smallest absolute Gasteiger partial charge is 0.257 e. The Labute approximate surface area is 187 Å². The minimum absolute atomic E-state index is 0.0880. The van der Waals surface area contributed by atoms with E-state index in [1.54, 1.807) is 30.3 Å². The molecule has 1 amide bonds. The maximum absolute atomic E-state index is 13.5. The van der Waals surface area contributed by atoms with Gasteiger partial charge in [-0.05, 0) is 48.0 Å². The van der Waals surface area contributed by atoms with Gasteiger partial charge in [0.05, 0.1) is 15.5 Å². The third-order valence-corrected chi connectivity index (χ3v) is 6.78. The van der Waals surface area contributed by atoms with Gasteiger partial charge in [0.15, 0.2) is 15.0 Å². The van der Waals surface area contributed by atoms with Gasteiger partial charge < -0.3 is 0 Å². The zero-order valence-corrected chi connectivity index (χ0v) is 18.3. The Hall–Kier alpha value is -3.43. The summed E-state index contributed by atoms with van der Waals surface area (Å²) in [5, 5.41) is 2.89. The van der Waals surface area contributed by atoms with Crippen molar-refractivity contribution in [1.82, 2.24) is 4.98 Å². The summed E-state index contributed by atoms with van der Waals surface area (Å²) in [5.41, 5.74) is 1.57. The molecule has 0 unspecified atom stereocenters. The zero-order valence-electron chi connectivity index (χ0n) is 16.7. The van der Waals surface area contributed by atoms with Crippen LogP contribution in [0.2, 0.25) is 0 Å². The molecule has 1 N–H and O–H groups in total. The van der Waals surface area contributed by atoms with Crippen LogP contribution in [0.1, 0.15) is 10.4 Å². The molecule has 162 valence electrons. The number of aromatic nitrogens is 1. The molecule has 0 spiro atoms. The third kappa shape index (κ3) is 4.58. The molecule has 4 rings (SSSR count). The lowest BCUT2D eigenvalue weighted by Crippen LogP contribution is -2.11. The highest BCUT2D eigenvalue weighted by atomic mass is 32.2. The van der Waals surface area contributed by atoms with Crippen LogP contribution >= 0.6 is 11.3 Å². The quantitative estimate of drug-likeness (QED) is 0.423. The predicted octanol–water partition coefficient (Wildman–Crippen LogP) is 5.41. The average Bonchev–Trinajstić information content (AvgIpc) is 3.17. The second kappa shape index (κ2) is 8.60. The van der Waals surface area contributed by atoms with Crippen molar-refractivity contribution in [2.75, 3.05) is 11.6 Å². The summed E-state index contributed by atoms with van der Waals surface area (Å²) in [6, 6.07) is 17.1. The highest BCUT2D eigenvalue weighted by molar-refractivity contribution is 7.90. The van der Waals surface area contributed by atoms with Crippen molar-refractivity contribution in [3.05, 3.63) is 90.0 Å². The van der Waals surface area contributed by atoms with E-state index in [1.165, 1.54) is 42.5 Å². The topological polar surface area (TPSA) is 76.1 Å². The first kappa shape index (κ1) is 21.8. The van der Waals surface area contributed by atoms with E-state index in [4.69, 9.17) is 0 Å². The number of anilines is 1.